The number of hydrogen-bond donors (Lipinski definition) is 2. The molecular formula is C37H35N7O7S2. The molecule has 0 aliphatic carbocycles. The fourth-order valence-corrected chi connectivity index (χ4v) is 7.18. The Morgan fingerprint density at radius 2 is 1.74 bits per heavy atom. The van der Waals surface area contributed by atoms with Crippen molar-refractivity contribution in [1.29, 1.82) is 0 Å². The third-order valence-electron chi connectivity index (χ3n) is 7.70. The smallest absolute Gasteiger partial charge is 0.356 e. The van der Waals surface area contributed by atoms with Crippen LogP contribution in [0, 0.1) is 0 Å². The van der Waals surface area contributed by atoms with Gasteiger partial charge in [-0.25, -0.2) is 9.59 Å². The number of carbonyl (C=O) groups is 4. The number of allylic oxidation sites excluding steroid dienone is 1. The molecule has 4 aromatic rings. The quantitative estimate of drug-likeness (QED) is 0.0906. The largest absolute Gasteiger partial charge is 0.457 e. The van der Waals surface area contributed by atoms with E-state index in [1.54, 1.807) is 51.4 Å². The monoisotopic (exact) mass is 753 g/mol. The van der Waals surface area contributed by atoms with E-state index in [9.17, 15) is 19.2 Å². The summed E-state index contributed by atoms with van der Waals surface area (Å²) in [5.74, 6) is -2.67. The highest BCUT2D eigenvalue weighted by Crippen LogP contribution is 2.42. The van der Waals surface area contributed by atoms with Gasteiger partial charge in [0.05, 0.1) is 0 Å². The van der Waals surface area contributed by atoms with E-state index in [0.717, 1.165) is 28.2 Å². The van der Waals surface area contributed by atoms with Crippen LogP contribution < -0.4 is 11.1 Å². The standard InChI is InChI=1S/C37H35N7O7S2/c1-37(2,3)51-26(45)20-49-42-27(31-41-36(38)53-43-31)32(46)40-28-33(47)44-29(25(21-52-34(28)44)17-16-22-11-10-18-39-19-22)35(48)50-30(23-12-6-4-7-13-23)24-14-8-5-9-15-24/h4-19,28,30,34H,20-21H2,1-3H3,(H,40,46)(H2,38,41,43)/b17-16+,42-27+. The van der Waals surface area contributed by atoms with Gasteiger partial charge in [-0.1, -0.05) is 84.0 Å². The molecule has 6 rings (SSSR count). The lowest BCUT2D eigenvalue weighted by atomic mass is 10.00. The van der Waals surface area contributed by atoms with Crippen LogP contribution in [-0.4, -0.2) is 78.1 Å². The van der Waals surface area contributed by atoms with Gasteiger partial charge in [-0.2, -0.15) is 9.36 Å². The van der Waals surface area contributed by atoms with Crippen LogP contribution in [-0.2, 0) is 33.5 Å². The Kier molecular flexibility index (Phi) is 11.3. The number of β-lactam (4-membered cyclic amide) rings is 1. The Balaban J connectivity index is 1.26. The number of fused-ring (bicyclic) bond motifs is 1. The van der Waals surface area contributed by atoms with E-state index >= 15 is 0 Å². The molecule has 2 aliphatic rings. The highest BCUT2D eigenvalue weighted by atomic mass is 32.2. The van der Waals surface area contributed by atoms with Crippen LogP contribution in [0.25, 0.3) is 6.08 Å². The number of amides is 2. The van der Waals surface area contributed by atoms with Gasteiger partial charge in [0.25, 0.3) is 11.8 Å². The first kappa shape index (κ1) is 36.9. The zero-order valence-corrected chi connectivity index (χ0v) is 30.5. The number of carbonyl (C=O) groups excluding carboxylic acids is 4. The zero-order valence-electron chi connectivity index (χ0n) is 28.9. The first-order valence-electron chi connectivity index (χ1n) is 16.4. The molecule has 2 aliphatic heterocycles. The normalized spacial score (nSPS) is 17.3. The Hall–Kier alpha value is -5.87. The molecule has 272 valence electrons. The van der Waals surface area contributed by atoms with Crippen LogP contribution in [0.2, 0.25) is 0 Å². The molecule has 1 saturated heterocycles. The van der Waals surface area contributed by atoms with Gasteiger partial charge in [0.1, 0.15) is 22.7 Å². The van der Waals surface area contributed by atoms with E-state index in [1.807, 2.05) is 66.7 Å². The van der Waals surface area contributed by atoms with E-state index in [0.29, 0.717) is 11.3 Å². The number of aromatic nitrogens is 3. The molecule has 2 aromatic carbocycles. The van der Waals surface area contributed by atoms with Gasteiger partial charge in [0.15, 0.2) is 11.2 Å². The van der Waals surface area contributed by atoms with Gasteiger partial charge in [-0.15, -0.1) is 11.8 Å². The lowest BCUT2D eigenvalue weighted by Gasteiger charge is -2.49. The lowest BCUT2D eigenvalue weighted by Crippen LogP contribution is -2.71. The second kappa shape index (κ2) is 16.2. The third kappa shape index (κ3) is 8.96. The molecule has 2 amide bonds. The molecule has 2 aromatic heterocycles. The summed E-state index contributed by atoms with van der Waals surface area (Å²) in [6, 6.07) is 21.2. The molecule has 0 spiro atoms. The van der Waals surface area contributed by atoms with Gasteiger partial charge in [0, 0.05) is 29.7 Å². The van der Waals surface area contributed by atoms with E-state index in [2.05, 4.69) is 24.8 Å². The first-order valence-corrected chi connectivity index (χ1v) is 18.2. The average molecular weight is 754 g/mol. The Bertz CT molecular complexity index is 2030. The maximum atomic E-state index is 14.3. The molecule has 2 unspecified atom stereocenters. The molecule has 1 fully saturated rings. The number of nitrogens with zero attached hydrogens (tertiary/aromatic N) is 5. The fraction of sp³-hybridized carbons (Fsp3) is 0.243. The van der Waals surface area contributed by atoms with Crippen molar-refractivity contribution in [3.8, 4) is 0 Å². The summed E-state index contributed by atoms with van der Waals surface area (Å²) >= 11 is 2.18. The zero-order chi connectivity index (χ0) is 37.5. The summed E-state index contributed by atoms with van der Waals surface area (Å²) in [4.78, 5) is 68.7. The Labute approximate surface area is 313 Å². The van der Waals surface area contributed by atoms with Crippen molar-refractivity contribution in [3.63, 3.8) is 0 Å². The van der Waals surface area contributed by atoms with E-state index in [1.165, 1.54) is 16.7 Å². The van der Waals surface area contributed by atoms with Crippen molar-refractivity contribution >= 4 is 64.0 Å². The van der Waals surface area contributed by atoms with Crippen LogP contribution in [0.3, 0.4) is 0 Å². The summed E-state index contributed by atoms with van der Waals surface area (Å²) in [6.07, 6.45) is 6.14. The van der Waals surface area contributed by atoms with Gasteiger partial charge in [-0.05, 0) is 49.1 Å². The van der Waals surface area contributed by atoms with Crippen LogP contribution in [0.15, 0.2) is 108 Å². The van der Waals surface area contributed by atoms with Gasteiger partial charge < -0.3 is 25.4 Å². The molecular weight excluding hydrogens is 719 g/mol. The number of nitrogens with one attached hydrogen (secondary N) is 1. The van der Waals surface area contributed by atoms with Crippen molar-refractivity contribution in [2.24, 2.45) is 5.16 Å². The SMILES string of the molecule is CC(C)(C)OC(=O)CO/N=C(/C(=O)NC1C(=O)N2C(C(=O)OC(c3ccccc3)c3ccccc3)=C(/C=C/c3cccnc3)CSC12)c1nsc(N)n1. The topological polar surface area (TPSA) is 188 Å². The van der Waals surface area contributed by atoms with E-state index in [-0.39, 0.29) is 16.7 Å². The van der Waals surface area contributed by atoms with Crippen molar-refractivity contribution in [2.75, 3.05) is 18.1 Å². The molecule has 0 saturated carbocycles. The number of rotatable bonds is 12. The van der Waals surface area contributed by atoms with Crippen molar-refractivity contribution in [2.45, 2.75) is 43.9 Å². The number of thioether (sulfide) groups is 1. The van der Waals surface area contributed by atoms with Crippen LogP contribution in [0.5, 0.6) is 0 Å². The number of nitrogen functional groups attached to an aromatic ring is 1. The van der Waals surface area contributed by atoms with Crippen molar-refractivity contribution < 1.29 is 33.5 Å². The Morgan fingerprint density at radius 1 is 1.04 bits per heavy atom. The number of ether oxygens (including phenoxy) is 2. The summed E-state index contributed by atoms with van der Waals surface area (Å²) in [5, 5.41) is 5.88. The lowest BCUT2D eigenvalue weighted by molar-refractivity contribution is -0.160. The number of hydrogen-bond acceptors (Lipinski definition) is 14. The maximum Gasteiger partial charge on any atom is 0.356 e. The number of oxime groups is 1. The molecule has 3 N–H and O–H groups in total. The molecule has 53 heavy (non-hydrogen) atoms. The van der Waals surface area contributed by atoms with Gasteiger partial charge >= 0.3 is 11.9 Å². The van der Waals surface area contributed by atoms with Gasteiger partial charge in [0.2, 0.25) is 18.1 Å². The van der Waals surface area contributed by atoms with Crippen LogP contribution >= 0.6 is 23.3 Å². The molecule has 0 radical (unpaired) electrons. The number of nitrogens with two attached hydrogens (primary N) is 1. The van der Waals surface area contributed by atoms with E-state index in [4.69, 9.17) is 20.0 Å². The maximum absolute atomic E-state index is 14.3. The second-order valence-corrected chi connectivity index (χ2v) is 14.6. The summed E-state index contributed by atoms with van der Waals surface area (Å²) in [7, 11) is 0. The highest BCUT2D eigenvalue weighted by Gasteiger charge is 2.55. The predicted octanol–water partition coefficient (Wildman–Crippen LogP) is 4.28. The van der Waals surface area contributed by atoms with Crippen LogP contribution in [0.4, 0.5) is 5.13 Å². The van der Waals surface area contributed by atoms with Crippen molar-refractivity contribution in [3.05, 3.63) is 125 Å². The first-order chi connectivity index (χ1) is 25.5. The predicted molar refractivity (Wildman–Crippen MR) is 199 cm³/mol. The minimum Gasteiger partial charge on any atom is -0.457 e. The molecule has 0 bridgehead atoms. The summed E-state index contributed by atoms with van der Waals surface area (Å²) < 4.78 is 15.5. The third-order valence-corrected chi connectivity index (χ3v) is 9.54. The van der Waals surface area contributed by atoms with E-state index < -0.39 is 59.2 Å². The fourth-order valence-electron chi connectivity index (χ4n) is 5.42. The summed E-state index contributed by atoms with van der Waals surface area (Å²) in [5.41, 5.74) is 7.50. The van der Waals surface area contributed by atoms with Crippen molar-refractivity contribution in [1.82, 2.24) is 24.6 Å². The average Bonchev–Trinajstić information content (AvgIpc) is 3.58. The molecule has 14 nitrogen and oxygen atoms in total. The van der Waals surface area contributed by atoms with Gasteiger partial charge in [-0.3, -0.25) is 19.5 Å². The molecule has 2 atom stereocenters. The Morgan fingerprint density at radius 3 is 2.34 bits per heavy atom. The summed E-state index contributed by atoms with van der Waals surface area (Å²) in [6.45, 7) is 4.49. The number of benzene rings is 2. The minimum atomic E-state index is -1.06. The number of esters is 2. The number of pyridine rings is 1. The highest BCUT2D eigenvalue weighted by molar-refractivity contribution is 8.00. The molecule has 4 heterocycles. The number of anilines is 1. The second-order valence-electron chi connectivity index (χ2n) is 12.7. The van der Waals surface area contributed by atoms with Crippen LogP contribution in [0.1, 0.15) is 49.4 Å². The minimum absolute atomic E-state index is 0.0600. The molecule has 16 heteroatoms.